The lowest BCUT2D eigenvalue weighted by atomic mass is 9.72. The molecule has 4 atom stereocenters. The first-order chi connectivity index (χ1) is 22.9. The first-order valence-corrected chi connectivity index (χ1v) is 18.6. The van der Waals surface area contributed by atoms with Crippen LogP contribution in [0.25, 0.3) is 22.2 Å². The van der Waals surface area contributed by atoms with Gasteiger partial charge in [-0.25, -0.2) is 4.72 Å². The number of ether oxygens (including phenoxy) is 2. The van der Waals surface area contributed by atoms with Crippen molar-refractivity contribution in [1.82, 2.24) is 23.8 Å². The summed E-state index contributed by atoms with van der Waals surface area (Å²) in [5.74, 6) is 0.370. The normalized spacial score (nSPS) is 26.1. The van der Waals surface area contributed by atoms with E-state index in [0.717, 1.165) is 63.5 Å². The summed E-state index contributed by atoms with van der Waals surface area (Å²) >= 11 is 0. The van der Waals surface area contributed by atoms with E-state index in [1.807, 2.05) is 36.9 Å². The summed E-state index contributed by atoms with van der Waals surface area (Å²) in [6.45, 7) is 6.66. The molecule has 3 fully saturated rings. The molecule has 1 aromatic heterocycles. The number of hydrogen-bond donors (Lipinski definition) is 2. The van der Waals surface area contributed by atoms with E-state index in [2.05, 4.69) is 26.7 Å². The highest BCUT2D eigenvalue weighted by atomic mass is 32.2. The van der Waals surface area contributed by atoms with Gasteiger partial charge in [0.1, 0.15) is 5.75 Å². The lowest BCUT2D eigenvalue weighted by molar-refractivity contribution is -0.154. The van der Waals surface area contributed by atoms with E-state index >= 15 is 4.79 Å². The van der Waals surface area contributed by atoms with Crippen LogP contribution < -0.4 is 14.8 Å². The molecule has 3 aromatic rings. The number of rotatable bonds is 6. The molecule has 11 nitrogen and oxygen atoms in total. The topological polar surface area (TPSA) is 122 Å². The fraction of sp³-hybridized carbons (Fsp3) is 0.556. The molecular weight excluding hydrogens is 630 g/mol. The summed E-state index contributed by atoms with van der Waals surface area (Å²) in [6, 6.07) is 11.8. The van der Waals surface area contributed by atoms with Crippen LogP contribution >= 0.6 is 0 Å². The molecule has 2 N–H and O–H groups in total. The van der Waals surface area contributed by atoms with E-state index in [4.69, 9.17) is 9.47 Å². The number of carbonyl (C=O) groups excluding carboxylic acids is 2. The largest absolute Gasteiger partial charge is 0.497 e. The third kappa shape index (κ3) is 5.50. The molecule has 0 unspecified atom stereocenters. The zero-order chi connectivity index (χ0) is 34.0. The van der Waals surface area contributed by atoms with Crippen molar-refractivity contribution >= 4 is 32.9 Å². The maximum absolute atomic E-state index is 15.1. The Morgan fingerprint density at radius 2 is 1.77 bits per heavy atom. The molecule has 1 aliphatic carbocycles. The molecule has 4 aliphatic rings. The predicted octanol–water partition coefficient (Wildman–Crippen LogP) is 4.22. The van der Waals surface area contributed by atoms with Crippen LogP contribution in [0.2, 0.25) is 0 Å². The number of carbonyl (C=O) groups is 2. The van der Waals surface area contributed by atoms with E-state index in [1.54, 1.807) is 13.2 Å². The van der Waals surface area contributed by atoms with Crippen LogP contribution in [-0.2, 0) is 26.3 Å². The van der Waals surface area contributed by atoms with Gasteiger partial charge in [0.25, 0.3) is 5.91 Å². The molecule has 0 spiro atoms. The molecule has 12 heteroatoms. The van der Waals surface area contributed by atoms with Crippen LogP contribution in [0.1, 0.15) is 79.3 Å². The summed E-state index contributed by atoms with van der Waals surface area (Å²) in [7, 11) is 0.450. The van der Waals surface area contributed by atoms with Gasteiger partial charge in [0, 0.05) is 74.8 Å². The molecule has 2 saturated heterocycles. The lowest BCUT2D eigenvalue weighted by Gasteiger charge is -2.42. The zero-order valence-electron chi connectivity index (χ0n) is 28.5. The Balaban J connectivity index is 1.47. The van der Waals surface area contributed by atoms with Crippen LogP contribution in [0.3, 0.4) is 0 Å². The van der Waals surface area contributed by atoms with Crippen molar-refractivity contribution in [3.8, 4) is 17.0 Å². The van der Waals surface area contributed by atoms with Crippen LogP contribution in [-0.4, -0.2) is 93.6 Å². The highest BCUT2D eigenvalue weighted by Gasteiger charge is 2.55. The van der Waals surface area contributed by atoms with Crippen molar-refractivity contribution in [2.45, 2.75) is 76.5 Å². The van der Waals surface area contributed by atoms with Gasteiger partial charge in [0.15, 0.2) is 0 Å². The summed E-state index contributed by atoms with van der Waals surface area (Å²) in [5, 5.41) is 4.65. The molecule has 7 rings (SSSR count). The zero-order valence-corrected chi connectivity index (χ0v) is 29.4. The lowest BCUT2D eigenvalue weighted by Crippen LogP contribution is -2.56. The molecule has 4 heterocycles. The standard InChI is InChI=1S/C36H47N5O6S/c1-22-18-40(19-23(2)47-22)35(43)36-20-37-17-30(36)29-16-26(46-5)12-14-27(29)33-32(24-9-7-6-8-10-24)28-13-11-25(15-31(28)41(33)21-36)34(42)38-48(44,45)39(3)4/h11-16,22-24,30,37H,6-10,17-21H2,1-5H3,(H,38,42)/t22-,23+,30-,36-/m1/s1. The molecule has 258 valence electrons. The van der Waals surface area contributed by atoms with Gasteiger partial charge in [0.05, 0.1) is 30.4 Å². The summed E-state index contributed by atoms with van der Waals surface area (Å²) < 4.78 is 42.5. The third-order valence-corrected chi connectivity index (χ3v) is 12.4. The van der Waals surface area contributed by atoms with Crippen LogP contribution in [0.4, 0.5) is 0 Å². The van der Waals surface area contributed by atoms with Crippen LogP contribution in [0.5, 0.6) is 5.75 Å². The monoisotopic (exact) mass is 677 g/mol. The molecule has 2 amide bonds. The minimum absolute atomic E-state index is 0.0690. The Labute approximate surface area is 283 Å². The van der Waals surface area contributed by atoms with Gasteiger partial charge >= 0.3 is 10.2 Å². The summed E-state index contributed by atoms with van der Waals surface area (Å²) in [5.41, 5.74) is 4.81. The van der Waals surface area contributed by atoms with E-state index in [0.29, 0.717) is 38.6 Å². The minimum atomic E-state index is -3.99. The second-order valence-electron chi connectivity index (χ2n) is 14.4. The third-order valence-electron chi connectivity index (χ3n) is 11.0. The molecule has 1 saturated carbocycles. The molecule has 3 aliphatic heterocycles. The van der Waals surface area contributed by atoms with Crippen LogP contribution in [0, 0.1) is 5.41 Å². The van der Waals surface area contributed by atoms with E-state index in [9.17, 15) is 13.2 Å². The first-order valence-electron chi connectivity index (χ1n) is 17.2. The van der Waals surface area contributed by atoms with Crippen molar-refractivity contribution in [1.29, 1.82) is 0 Å². The molecule has 0 bridgehead atoms. The van der Waals surface area contributed by atoms with Gasteiger partial charge in [-0.05, 0) is 74.1 Å². The highest BCUT2D eigenvalue weighted by Crippen LogP contribution is 2.54. The fourth-order valence-corrected chi connectivity index (χ4v) is 9.32. The van der Waals surface area contributed by atoms with Crippen molar-refractivity contribution in [2.24, 2.45) is 5.41 Å². The average Bonchev–Trinajstić information content (AvgIpc) is 3.60. The maximum atomic E-state index is 15.1. The Hall–Kier alpha value is -3.45. The van der Waals surface area contributed by atoms with Gasteiger partial charge < -0.3 is 24.3 Å². The van der Waals surface area contributed by atoms with Gasteiger partial charge in [-0.2, -0.15) is 12.7 Å². The van der Waals surface area contributed by atoms with E-state index < -0.39 is 21.5 Å². The summed E-state index contributed by atoms with van der Waals surface area (Å²) in [6.07, 6.45) is 5.51. The number of morpholine rings is 1. The summed E-state index contributed by atoms with van der Waals surface area (Å²) in [4.78, 5) is 30.5. The highest BCUT2D eigenvalue weighted by molar-refractivity contribution is 7.87. The number of nitrogens with one attached hydrogen (secondary N) is 2. The quantitative estimate of drug-likeness (QED) is 0.401. The fourth-order valence-electron chi connectivity index (χ4n) is 8.78. The Morgan fingerprint density at radius 3 is 2.46 bits per heavy atom. The second-order valence-corrected chi connectivity index (χ2v) is 16.3. The van der Waals surface area contributed by atoms with Gasteiger partial charge in [-0.15, -0.1) is 0 Å². The Bertz CT molecular complexity index is 1860. The van der Waals surface area contributed by atoms with Gasteiger partial charge in [-0.3, -0.25) is 9.59 Å². The van der Waals surface area contributed by atoms with Crippen LogP contribution in [0.15, 0.2) is 36.4 Å². The van der Waals surface area contributed by atoms with Crippen molar-refractivity contribution in [3.05, 3.63) is 53.1 Å². The number of hydrogen-bond acceptors (Lipinski definition) is 7. The van der Waals surface area contributed by atoms with E-state index in [-0.39, 0.29) is 29.6 Å². The van der Waals surface area contributed by atoms with Crippen molar-refractivity contribution in [3.63, 3.8) is 0 Å². The number of amides is 2. The Kier molecular flexibility index (Phi) is 8.58. The van der Waals surface area contributed by atoms with Crippen molar-refractivity contribution < 1.29 is 27.5 Å². The first kappa shape index (κ1) is 33.1. The smallest absolute Gasteiger partial charge is 0.303 e. The van der Waals surface area contributed by atoms with E-state index in [1.165, 1.54) is 26.1 Å². The average molecular weight is 678 g/mol. The second kappa shape index (κ2) is 12.5. The molecule has 48 heavy (non-hydrogen) atoms. The number of aromatic nitrogens is 1. The predicted molar refractivity (Wildman–Crippen MR) is 184 cm³/mol. The SMILES string of the molecule is COc1ccc2c(c1)[C@H]1CNC[C@@]1(C(=O)N1C[C@@H](C)O[C@@H](C)C1)Cn1c-2c(C2CCCCC2)c2ccc(C(=O)NS(=O)(=O)N(C)C)cc21. The van der Waals surface area contributed by atoms with Gasteiger partial charge in [-0.1, -0.05) is 25.3 Å². The molecule has 0 radical (unpaired) electrons. The van der Waals surface area contributed by atoms with Crippen molar-refractivity contribution in [2.75, 3.05) is 47.4 Å². The number of nitrogens with zero attached hydrogens (tertiary/aromatic N) is 3. The van der Waals surface area contributed by atoms with Gasteiger partial charge in [0.2, 0.25) is 5.91 Å². The maximum Gasteiger partial charge on any atom is 0.303 e. The number of methoxy groups -OCH3 is 1. The number of benzene rings is 2. The Morgan fingerprint density at radius 1 is 1.04 bits per heavy atom. The minimum Gasteiger partial charge on any atom is -0.497 e. The molecular formula is C36H47N5O6S. The number of fused-ring (bicyclic) bond motifs is 7. The molecule has 2 aromatic carbocycles.